The minimum atomic E-state index is -1.59. The Kier molecular flexibility index (Phi) is 6.31. The van der Waals surface area contributed by atoms with Gasteiger partial charge in [0.1, 0.15) is 18.0 Å². The first-order valence-corrected chi connectivity index (χ1v) is 5.26. The quantitative estimate of drug-likeness (QED) is 0.420. The molecule has 0 bridgehead atoms. The molecule has 0 rings (SSSR count). The van der Waals surface area contributed by atoms with E-state index in [4.69, 9.17) is 11.5 Å². The number of nitrogens with two attached hydrogens (primary N) is 2. The van der Waals surface area contributed by atoms with Gasteiger partial charge in [-0.05, 0) is 25.9 Å². The third-order valence-corrected chi connectivity index (χ3v) is 2.26. The number of aldehydes is 2. The average Bonchev–Trinajstić information content (AvgIpc) is 2.19. The summed E-state index contributed by atoms with van der Waals surface area (Å²) < 4.78 is 0. The molecule has 0 aliphatic rings. The van der Waals surface area contributed by atoms with Gasteiger partial charge in [0.15, 0.2) is 6.29 Å². The van der Waals surface area contributed by atoms with E-state index >= 15 is 0 Å². The molecule has 0 aliphatic heterocycles. The van der Waals surface area contributed by atoms with Crippen LogP contribution in [0.25, 0.3) is 0 Å². The molecule has 4 N–H and O–H groups in total. The molecule has 5 nitrogen and oxygen atoms in total. The van der Waals surface area contributed by atoms with E-state index in [-0.39, 0.29) is 0 Å². The highest BCUT2D eigenvalue weighted by molar-refractivity contribution is 5.74. The maximum atomic E-state index is 10.9. The molecule has 0 aliphatic carbocycles. The Labute approximate surface area is 90.8 Å². The van der Waals surface area contributed by atoms with Crippen molar-refractivity contribution in [2.75, 3.05) is 13.1 Å². The fourth-order valence-electron chi connectivity index (χ4n) is 1.55. The lowest BCUT2D eigenvalue weighted by molar-refractivity contribution is -0.122. The van der Waals surface area contributed by atoms with Crippen molar-refractivity contribution in [1.29, 1.82) is 0 Å². The van der Waals surface area contributed by atoms with Gasteiger partial charge in [0.25, 0.3) is 0 Å². The largest absolute Gasteiger partial charge is 0.306 e. The Morgan fingerprint density at radius 3 is 1.93 bits per heavy atom. The molecule has 0 heterocycles. The van der Waals surface area contributed by atoms with Gasteiger partial charge in [-0.15, -0.1) is 0 Å². The molecular formula is C10H21N3O2. The summed E-state index contributed by atoms with van der Waals surface area (Å²) in [5.41, 5.74) is 9.55. The first-order valence-electron chi connectivity index (χ1n) is 5.26. The molecule has 0 saturated heterocycles. The first kappa shape index (κ1) is 14.2. The molecule has 15 heavy (non-hydrogen) atoms. The van der Waals surface area contributed by atoms with Crippen LogP contribution in [0.15, 0.2) is 0 Å². The van der Waals surface area contributed by atoms with E-state index in [0.717, 1.165) is 12.8 Å². The van der Waals surface area contributed by atoms with Crippen molar-refractivity contribution in [1.82, 2.24) is 4.90 Å². The van der Waals surface area contributed by atoms with E-state index in [0.29, 0.717) is 25.7 Å². The predicted octanol–water partition coefficient (Wildman–Crippen LogP) is -0.511. The van der Waals surface area contributed by atoms with Crippen LogP contribution in [-0.2, 0) is 9.59 Å². The van der Waals surface area contributed by atoms with E-state index in [1.54, 1.807) is 0 Å². The highest BCUT2D eigenvalue weighted by atomic mass is 16.1. The van der Waals surface area contributed by atoms with Crippen LogP contribution < -0.4 is 11.5 Å². The van der Waals surface area contributed by atoms with Gasteiger partial charge in [0, 0.05) is 0 Å². The minimum absolute atomic E-state index is 0.435. The van der Waals surface area contributed by atoms with Crippen molar-refractivity contribution >= 4 is 12.6 Å². The van der Waals surface area contributed by atoms with Gasteiger partial charge in [-0.1, -0.05) is 13.8 Å². The number of hydrogen-bond acceptors (Lipinski definition) is 5. The van der Waals surface area contributed by atoms with E-state index in [1.165, 1.54) is 0 Å². The first-order chi connectivity index (χ1) is 7.03. The maximum Gasteiger partial charge on any atom is 0.156 e. The van der Waals surface area contributed by atoms with Crippen LogP contribution in [0.3, 0.4) is 0 Å². The molecule has 0 fully saturated rings. The smallest absolute Gasteiger partial charge is 0.156 e. The predicted molar refractivity (Wildman–Crippen MR) is 59.2 cm³/mol. The SMILES string of the molecule is CCCN(CCC)C(C=O)C(N)(N)C=O. The van der Waals surface area contributed by atoms with Crippen LogP contribution in [0.1, 0.15) is 26.7 Å². The molecule has 0 aromatic carbocycles. The lowest BCUT2D eigenvalue weighted by Gasteiger charge is -2.34. The topological polar surface area (TPSA) is 89.4 Å². The summed E-state index contributed by atoms with van der Waals surface area (Å²) in [7, 11) is 0. The molecule has 88 valence electrons. The molecule has 0 radical (unpaired) electrons. The van der Waals surface area contributed by atoms with Gasteiger partial charge in [-0.2, -0.15) is 0 Å². The molecule has 0 amide bonds. The molecule has 1 atom stereocenters. The molecule has 0 saturated carbocycles. The second-order valence-corrected chi connectivity index (χ2v) is 3.73. The second kappa shape index (κ2) is 6.66. The van der Waals surface area contributed by atoms with Crippen molar-refractivity contribution in [3.05, 3.63) is 0 Å². The van der Waals surface area contributed by atoms with Crippen LogP contribution in [0.4, 0.5) is 0 Å². The standard InChI is InChI=1S/C10H21N3O2/c1-3-5-13(6-4-2)9(7-14)10(11,12)8-15/h7-9H,3-6,11-12H2,1-2H3. The molecule has 0 aromatic heterocycles. The summed E-state index contributed by atoms with van der Waals surface area (Å²) in [5, 5.41) is 0. The summed E-state index contributed by atoms with van der Waals surface area (Å²) in [6.45, 7) is 5.42. The highest BCUT2D eigenvalue weighted by Gasteiger charge is 2.34. The normalized spacial score (nSPS) is 13.9. The van der Waals surface area contributed by atoms with E-state index in [1.807, 2.05) is 18.7 Å². The zero-order chi connectivity index (χ0) is 11.9. The Bertz CT molecular complexity index is 201. The Hall–Kier alpha value is -0.780. The molecular weight excluding hydrogens is 194 g/mol. The number of hydrogen-bond donors (Lipinski definition) is 2. The molecule has 0 spiro atoms. The van der Waals surface area contributed by atoms with Crippen molar-refractivity contribution in [2.45, 2.75) is 38.4 Å². The summed E-state index contributed by atoms with van der Waals surface area (Å²) in [6, 6.07) is -0.741. The molecule has 0 aromatic rings. The van der Waals surface area contributed by atoms with Gasteiger partial charge in [0.2, 0.25) is 0 Å². The van der Waals surface area contributed by atoms with E-state index in [9.17, 15) is 9.59 Å². The van der Waals surface area contributed by atoms with Crippen LogP contribution in [0, 0.1) is 0 Å². The van der Waals surface area contributed by atoms with E-state index in [2.05, 4.69) is 0 Å². The fourth-order valence-corrected chi connectivity index (χ4v) is 1.55. The highest BCUT2D eigenvalue weighted by Crippen LogP contribution is 2.07. The van der Waals surface area contributed by atoms with Gasteiger partial charge in [-0.3, -0.25) is 9.69 Å². The van der Waals surface area contributed by atoms with Crippen LogP contribution in [0.2, 0.25) is 0 Å². The number of rotatable bonds is 8. The monoisotopic (exact) mass is 215 g/mol. The van der Waals surface area contributed by atoms with E-state index < -0.39 is 11.7 Å². The maximum absolute atomic E-state index is 10.9. The van der Waals surface area contributed by atoms with Crippen molar-refractivity contribution < 1.29 is 9.59 Å². The Morgan fingerprint density at radius 1 is 1.20 bits per heavy atom. The summed E-state index contributed by atoms with van der Waals surface area (Å²) >= 11 is 0. The lowest BCUT2D eigenvalue weighted by atomic mass is 10.0. The fraction of sp³-hybridized carbons (Fsp3) is 0.800. The number of carbonyl (C=O) groups is 2. The third-order valence-electron chi connectivity index (χ3n) is 2.26. The zero-order valence-corrected chi connectivity index (χ0v) is 9.48. The average molecular weight is 215 g/mol. The van der Waals surface area contributed by atoms with Crippen LogP contribution >= 0.6 is 0 Å². The van der Waals surface area contributed by atoms with Gasteiger partial charge >= 0.3 is 0 Å². The third kappa shape index (κ3) is 4.07. The Morgan fingerprint density at radius 2 is 1.67 bits per heavy atom. The summed E-state index contributed by atoms with van der Waals surface area (Å²) in [5.74, 6) is 0. The van der Waals surface area contributed by atoms with Crippen molar-refractivity contribution in [2.24, 2.45) is 11.5 Å². The van der Waals surface area contributed by atoms with Crippen LogP contribution in [-0.4, -0.2) is 42.3 Å². The zero-order valence-electron chi connectivity index (χ0n) is 9.48. The Balaban J connectivity index is 4.71. The van der Waals surface area contributed by atoms with Gasteiger partial charge in [-0.25, -0.2) is 0 Å². The lowest BCUT2D eigenvalue weighted by Crippen LogP contribution is -2.66. The van der Waals surface area contributed by atoms with Gasteiger partial charge < -0.3 is 16.3 Å². The number of nitrogens with zero attached hydrogens (tertiary/aromatic N) is 1. The van der Waals surface area contributed by atoms with Gasteiger partial charge in [0.05, 0.1) is 0 Å². The van der Waals surface area contributed by atoms with Crippen molar-refractivity contribution in [3.63, 3.8) is 0 Å². The minimum Gasteiger partial charge on any atom is -0.306 e. The van der Waals surface area contributed by atoms with Crippen molar-refractivity contribution in [3.8, 4) is 0 Å². The van der Waals surface area contributed by atoms with Crippen LogP contribution in [0.5, 0.6) is 0 Å². The molecule has 5 heteroatoms. The summed E-state index contributed by atoms with van der Waals surface area (Å²) in [6.07, 6.45) is 2.86. The summed E-state index contributed by atoms with van der Waals surface area (Å²) in [4.78, 5) is 23.5. The molecule has 1 unspecified atom stereocenters. The number of carbonyl (C=O) groups excluding carboxylic acids is 2. The second-order valence-electron chi connectivity index (χ2n) is 3.73.